The Morgan fingerprint density at radius 3 is 2.48 bits per heavy atom. The number of hydrogen-bond donors (Lipinski definition) is 1. The molecule has 1 saturated carbocycles. The molecule has 1 fully saturated rings. The fourth-order valence-electron chi connectivity index (χ4n) is 1.94. The summed E-state index contributed by atoms with van der Waals surface area (Å²) < 4.78 is 16.1. The lowest BCUT2D eigenvalue weighted by atomic mass is 10.3. The van der Waals surface area contributed by atoms with Gasteiger partial charge in [-0.1, -0.05) is 12.1 Å². The van der Waals surface area contributed by atoms with Crippen molar-refractivity contribution in [1.82, 2.24) is 5.32 Å². The molecule has 126 valence electrons. The third-order valence-electron chi connectivity index (χ3n) is 3.31. The number of rotatable bonds is 9. The van der Waals surface area contributed by atoms with Crippen molar-refractivity contribution in [3.05, 3.63) is 24.3 Å². The Morgan fingerprint density at radius 2 is 1.87 bits per heavy atom. The molecule has 0 aromatic heterocycles. The van der Waals surface area contributed by atoms with Gasteiger partial charge in [0.05, 0.1) is 19.6 Å². The minimum absolute atomic E-state index is 0.0709. The first-order valence-electron chi connectivity index (χ1n) is 7.94. The second kappa shape index (κ2) is 8.41. The van der Waals surface area contributed by atoms with Gasteiger partial charge in [0.15, 0.2) is 17.6 Å². The second-order valence-electron chi connectivity index (χ2n) is 5.39. The summed E-state index contributed by atoms with van der Waals surface area (Å²) in [4.78, 5) is 23.5. The van der Waals surface area contributed by atoms with Crippen molar-refractivity contribution in [3.8, 4) is 11.5 Å². The summed E-state index contributed by atoms with van der Waals surface area (Å²) in [6.45, 7) is 4.17. The summed E-state index contributed by atoms with van der Waals surface area (Å²) in [6.07, 6.45) is 1.29. The van der Waals surface area contributed by atoms with E-state index in [-0.39, 0.29) is 25.0 Å². The van der Waals surface area contributed by atoms with Crippen LogP contribution in [0.5, 0.6) is 11.5 Å². The van der Waals surface area contributed by atoms with Gasteiger partial charge in [-0.15, -0.1) is 0 Å². The van der Waals surface area contributed by atoms with Crippen molar-refractivity contribution in [1.29, 1.82) is 0 Å². The van der Waals surface area contributed by atoms with Crippen LogP contribution in [0.3, 0.4) is 0 Å². The summed E-state index contributed by atoms with van der Waals surface area (Å²) in [5.74, 6) is 0.517. The fraction of sp³-hybridized carbons (Fsp3) is 0.529. The van der Waals surface area contributed by atoms with Gasteiger partial charge in [-0.05, 0) is 38.8 Å². The summed E-state index contributed by atoms with van der Waals surface area (Å²) in [5, 5.41) is 2.80. The number of para-hydroxylation sites is 2. The molecule has 1 amide bonds. The van der Waals surface area contributed by atoms with Crippen molar-refractivity contribution in [3.63, 3.8) is 0 Å². The Morgan fingerprint density at radius 1 is 1.22 bits per heavy atom. The lowest BCUT2D eigenvalue weighted by Crippen LogP contribution is -2.37. The normalized spacial score (nSPS) is 14.7. The van der Waals surface area contributed by atoms with Crippen molar-refractivity contribution in [2.75, 3.05) is 13.2 Å². The molecule has 1 aromatic rings. The van der Waals surface area contributed by atoms with Crippen LogP contribution in [0, 0.1) is 0 Å². The van der Waals surface area contributed by atoms with E-state index < -0.39 is 12.1 Å². The predicted octanol–water partition coefficient (Wildman–Crippen LogP) is 2.06. The summed E-state index contributed by atoms with van der Waals surface area (Å²) in [6, 6.07) is 7.53. The van der Waals surface area contributed by atoms with Gasteiger partial charge in [0.25, 0.3) is 5.91 Å². The first kappa shape index (κ1) is 17.1. The van der Waals surface area contributed by atoms with Gasteiger partial charge in [0, 0.05) is 6.04 Å². The quantitative estimate of drug-likeness (QED) is 0.705. The van der Waals surface area contributed by atoms with Crippen LogP contribution in [0.4, 0.5) is 0 Å². The highest BCUT2D eigenvalue weighted by Crippen LogP contribution is 2.26. The molecule has 0 spiro atoms. The maximum absolute atomic E-state index is 11.7. The van der Waals surface area contributed by atoms with Gasteiger partial charge >= 0.3 is 5.97 Å². The zero-order valence-electron chi connectivity index (χ0n) is 13.5. The molecule has 23 heavy (non-hydrogen) atoms. The number of esters is 1. The summed E-state index contributed by atoms with van der Waals surface area (Å²) >= 11 is 0. The molecular weight excluding hydrogens is 298 g/mol. The van der Waals surface area contributed by atoms with Gasteiger partial charge in [-0.2, -0.15) is 0 Å². The molecule has 1 aliphatic rings. The molecule has 0 heterocycles. The smallest absolute Gasteiger partial charge is 0.310 e. The fourth-order valence-corrected chi connectivity index (χ4v) is 1.94. The van der Waals surface area contributed by atoms with E-state index in [2.05, 4.69) is 5.32 Å². The number of hydrogen-bond acceptors (Lipinski definition) is 5. The SMILES string of the molecule is CCOc1ccccc1OCCC(=O)O[C@@H](C)C(=O)NC1CC1. The average Bonchev–Trinajstić information content (AvgIpc) is 3.33. The summed E-state index contributed by atoms with van der Waals surface area (Å²) in [5.41, 5.74) is 0. The molecule has 1 N–H and O–H groups in total. The largest absolute Gasteiger partial charge is 0.490 e. The lowest BCUT2D eigenvalue weighted by Gasteiger charge is -2.14. The first-order chi connectivity index (χ1) is 11.1. The van der Waals surface area contributed by atoms with E-state index in [0.717, 1.165) is 12.8 Å². The van der Waals surface area contributed by atoms with E-state index in [0.29, 0.717) is 18.1 Å². The zero-order chi connectivity index (χ0) is 16.7. The maximum atomic E-state index is 11.7. The Kier molecular flexibility index (Phi) is 6.26. The zero-order valence-corrected chi connectivity index (χ0v) is 13.5. The van der Waals surface area contributed by atoms with Crippen LogP contribution in [0.15, 0.2) is 24.3 Å². The second-order valence-corrected chi connectivity index (χ2v) is 5.39. The highest BCUT2D eigenvalue weighted by molar-refractivity contribution is 5.83. The molecular formula is C17H23NO5. The van der Waals surface area contributed by atoms with Crippen LogP contribution in [-0.2, 0) is 14.3 Å². The average molecular weight is 321 g/mol. The number of amides is 1. The lowest BCUT2D eigenvalue weighted by molar-refractivity contribution is -0.155. The van der Waals surface area contributed by atoms with E-state index in [1.54, 1.807) is 19.1 Å². The van der Waals surface area contributed by atoms with Crippen LogP contribution in [-0.4, -0.2) is 37.2 Å². The Balaban J connectivity index is 1.70. The molecule has 1 aliphatic carbocycles. The van der Waals surface area contributed by atoms with E-state index in [4.69, 9.17) is 14.2 Å². The monoisotopic (exact) mass is 321 g/mol. The standard InChI is InChI=1S/C17H23NO5/c1-3-21-14-6-4-5-7-15(14)22-11-10-16(19)23-12(2)17(20)18-13-8-9-13/h4-7,12-13H,3,8-11H2,1-2H3,(H,18,20)/t12-/m0/s1. The Labute approximate surface area is 136 Å². The molecule has 6 heteroatoms. The van der Waals surface area contributed by atoms with Gasteiger partial charge in [-0.25, -0.2) is 0 Å². The third-order valence-corrected chi connectivity index (χ3v) is 3.31. The number of benzene rings is 1. The van der Waals surface area contributed by atoms with Crippen molar-refractivity contribution in [2.24, 2.45) is 0 Å². The van der Waals surface area contributed by atoms with Crippen LogP contribution >= 0.6 is 0 Å². The van der Waals surface area contributed by atoms with Crippen molar-refractivity contribution < 1.29 is 23.8 Å². The molecule has 0 aliphatic heterocycles. The first-order valence-corrected chi connectivity index (χ1v) is 7.94. The summed E-state index contributed by atoms with van der Waals surface area (Å²) in [7, 11) is 0. The van der Waals surface area contributed by atoms with Crippen LogP contribution in [0.2, 0.25) is 0 Å². The molecule has 6 nitrogen and oxygen atoms in total. The minimum atomic E-state index is -0.779. The molecule has 1 aromatic carbocycles. The number of carbonyl (C=O) groups excluding carboxylic acids is 2. The molecule has 0 radical (unpaired) electrons. The molecule has 0 bridgehead atoms. The Hall–Kier alpha value is -2.24. The van der Waals surface area contributed by atoms with E-state index in [1.165, 1.54) is 0 Å². The molecule has 0 saturated heterocycles. The molecule has 0 unspecified atom stereocenters. The third kappa shape index (κ3) is 5.81. The Bertz CT molecular complexity index is 542. The molecule has 2 rings (SSSR count). The number of ether oxygens (including phenoxy) is 3. The van der Waals surface area contributed by atoms with Gasteiger partial charge < -0.3 is 19.5 Å². The van der Waals surface area contributed by atoms with E-state index >= 15 is 0 Å². The van der Waals surface area contributed by atoms with Crippen LogP contribution in [0.25, 0.3) is 0 Å². The van der Waals surface area contributed by atoms with Crippen LogP contribution in [0.1, 0.15) is 33.1 Å². The number of nitrogens with one attached hydrogen (secondary N) is 1. The van der Waals surface area contributed by atoms with Gasteiger partial charge in [0.2, 0.25) is 0 Å². The van der Waals surface area contributed by atoms with E-state index in [9.17, 15) is 9.59 Å². The highest BCUT2D eigenvalue weighted by atomic mass is 16.6. The van der Waals surface area contributed by atoms with Gasteiger partial charge in [-0.3, -0.25) is 9.59 Å². The number of carbonyl (C=O) groups is 2. The van der Waals surface area contributed by atoms with Crippen molar-refractivity contribution >= 4 is 11.9 Å². The predicted molar refractivity (Wildman–Crippen MR) is 84.4 cm³/mol. The van der Waals surface area contributed by atoms with Gasteiger partial charge in [0.1, 0.15) is 0 Å². The topological polar surface area (TPSA) is 73.9 Å². The minimum Gasteiger partial charge on any atom is -0.490 e. The van der Waals surface area contributed by atoms with E-state index in [1.807, 2.05) is 19.1 Å². The molecule has 1 atom stereocenters. The highest BCUT2D eigenvalue weighted by Gasteiger charge is 2.27. The van der Waals surface area contributed by atoms with Crippen molar-refractivity contribution in [2.45, 2.75) is 45.3 Å². The van der Waals surface area contributed by atoms with Crippen LogP contribution < -0.4 is 14.8 Å². The maximum Gasteiger partial charge on any atom is 0.310 e.